The quantitative estimate of drug-likeness (QED) is 0.0251. The second-order valence-corrected chi connectivity index (χ2v) is 22.9. The van der Waals surface area contributed by atoms with Crippen LogP contribution in [0.1, 0.15) is 95.8 Å². The first-order chi connectivity index (χ1) is 41.1. The predicted octanol–water partition coefficient (Wildman–Crippen LogP) is 7.56. The number of anilines is 1. The van der Waals surface area contributed by atoms with Gasteiger partial charge in [0.2, 0.25) is 11.6 Å². The van der Waals surface area contributed by atoms with E-state index in [-0.39, 0.29) is 22.6 Å². The lowest BCUT2D eigenvalue weighted by atomic mass is 9.81. The molecular formula is C63H100N3O18S+. The number of rotatable bonds is 52. The molecule has 22 heteroatoms. The zero-order valence-electron chi connectivity index (χ0n) is 51.6. The van der Waals surface area contributed by atoms with Crippen molar-refractivity contribution in [2.24, 2.45) is 0 Å². The molecule has 2 aromatic rings. The zero-order chi connectivity index (χ0) is 61.4. The van der Waals surface area contributed by atoms with Crippen molar-refractivity contribution in [2.45, 2.75) is 102 Å². The number of hydrogen-bond acceptors (Lipinski definition) is 17. The summed E-state index contributed by atoms with van der Waals surface area (Å²) in [6, 6.07) is 11.3. The van der Waals surface area contributed by atoms with Crippen LogP contribution in [0, 0.1) is 6.92 Å². The minimum absolute atomic E-state index is 0.0368. The number of fused-ring (bicyclic) bond motifs is 2. The molecule has 4 rings (SSSR count). The number of aryl methyl sites for hydroxylation is 1. The van der Waals surface area contributed by atoms with E-state index in [0.29, 0.717) is 184 Å². The third-order valence-corrected chi connectivity index (χ3v) is 15.1. The van der Waals surface area contributed by atoms with E-state index in [1.807, 2.05) is 18.2 Å². The Hall–Kier alpha value is -4.50. The highest BCUT2D eigenvalue weighted by atomic mass is 32.2. The lowest BCUT2D eigenvalue weighted by Gasteiger charge is -2.27. The summed E-state index contributed by atoms with van der Waals surface area (Å²) in [4.78, 5) is 26.0. The monoisotopic (exact) mass is 1220 g/mol. The van der Waals surface area contributed by atoms with Crippen molar-refractivity contribution in [2.75, 3.05) is 184 Å². The van der Waals surface area contributed by atoms with E-state index in [2.05, 4.69) is 79.8 Å². The number of methoxy groups -OCH3 is 1. The molecule has 3 N–H and O–H groups in total. The molecule has 0 radical (unpaired) electrons. The molecule has 0 saturated heterocycles. The molecule has 21 nitrogen and oxygen atoms in total. The summed E-state index contributed by atoms with van der Waals surface area (Å²) < 4.78 is 102. The van der Waals surface area contributed by atoms with Crippen LogP contribution in [0.25, 0.3) is 0 Å². The SMILES string of the molecule is COCCOCCOCCOCCOCCOCCOCCOCCOCCOCCOCCOCCNC(=O)CCCCC[N+]1=C(C=CC=CC=C2N(CCCCCC(=O)O)c3ccc(C)cc3C2(C)C)C(C)(C)c2cc(S(=O)(=O)O)ccc21. The van der Waals surface area contributed by atoms with Crippen LogP contribution < -0.4 is 10.2 Å². The summed E-state index contributed by atoms with van der Waals surface area (Å²) in [6.07, 6.45) is 15.5. The lowest BCUT2D eigenvalue weighted by molar-refractivity contribution is -0.438. The van der Waals surface area contributed by atoms with Gasteiger partial charge in [0.1, 0.15) is 6.54 Å². The summed E-state index contributed by atoms with van der Waals surface area (Å²) in [5.41, 5.74) is 6.66. The normalized spacial score (nSPS) is 15.1. The molecule has 0 aromatic heterocycles. The molecule has 1 amide bonds. The fourth-order valence-electron chi connectivity index (χ4n) is 9.69. The Kier molecular flexibility index (Phi) is 36.4. The molecule has 0 atom stereocenters. The van der Waals surface area contributed by atoms with Crippen molar-refractivity contribution in [3.8, 4) is 0 Å². The van der Waals surface area contributed by atoms with Gasteiger partial charge in [-0.3, -0.25) is 14.1 Å². The van der Waals surface area contributed by atoms with Gasteiger partial charge in [-0.15, -0.1) is 0 Å². The van der Waals surface area contributed by atoms with Crippen molar-refractivity contribution in [3.63, 3.8) is 0 Å². The number of carbonyl (C=O) groups is 2. The van der Waals surface area contributed by atoms with Gasteiger partial charge in [-0.1, -0.05) is 56.2 Å². The molecule has 0 saturated carbocycles. The van der Waals surface area contributed by atoms with Gasteiger partial charge in [-0.05, 0) is 76.3 Å². The second-order valence-electron chi connectivity index (χ2n) is 21.5. The average Bonchev–Trinajstić information content (AvgIpc) is 1.74. The minimum atomic E-state index is -4.41. The van der Waals surface area contributed by atoms with Crippen molar-refractivity contribution in [1.82, 2.24) is 5.32 Å². The van der Waals surface area contributed by atoms with Gasteiger partial charge in [0.05, 0.1) is 162 Å². The van der Waals surface area contributed by atoms with Gasteiger partial charge in [0, 0.05) is 74.0 Å². The van der Waals surface area contributed by atoms with Crippen LogP contribution in [0.4, 0.5) is 11.4 Å². The zero-order valence-corrected chi connectivity index (χ0v) is 52.4. The van der Waals surface area contributed by atoms with Crippen LogP contribution >= 0.6 is 0 Å². The Morgan fingerprint density at radius 2 is 1.05 bits per heavy atom. The molecule has 85 heavy (non-hydrogen) atoms. The van der Waals surface area contributed by atoms with Crippen molar-refractivity contribution >= 4 is 39.1 Å². The summed E-state index contributed by atoms with van der Waals surface area (Å²) in [6.45, 7) is 23.5. The Labute approximate surface area is 506 Å². The van der Waals surface area contributed by atoms with E-state index >= 15 is 0 Å². The Morgan fingerprint density at radius 1 is 0.565 bits per heavy atom. The molecule has 0 aliphatic carbocycles. The number of nitrogens with zero attached hydrogens (tertiary/aromatic N) is 2. The fourth-order valence-corrected chi connectivity index (χ4v) is 10.2. The van der Waals surface area contributed by atoms with Crippen molar-refractivity contribution in [1.29, 1.82) is 0 Å². The molecule has 2 aliphatic rings. The maximum atomic E-state index is 12.7. The Morgan fingerprint density at radius 3 is 1.54 bits per heavy atom. The van der Waals surface area contributed by atoms with Crippen LogP contribution in [-0.2, 0) is 87.4 Å². The molecule has 2 aromatic carbocycles. The van der Waals surface area contributed by atoms with E-state index in [1.54, 1.807) is 19.2 Å². The van der Waals surface area contributed by atoms with Crippen LogP contribution in [-0.4, -0.2) is 219 Å². The number of ether oxygens (including phenoxy) is 12. The number of carbonyl (C=O) groups excluding carboxylic acids is 1. The first kappa shape index (κ1) is 73.0. The number of aliphatic carboxylic acids is 1. The molecule has 0 spiro atoms. The minimum Gasteiger partial charge on any atom is -0.481 e. The number of nitrogens with one attached hydrogen (secondary N) is 1. The fraction of sp³-hybridized carbons (Fsp3) is 0.667. The number of carboxylic acid groups (broad SMARTS) is 1. The average molecular weight is 1220 g/mol. The third kappa shape index (κ3) is 28.5. The second kappa shape index (κ2) is 42.4. The highest BCUT2D eigenvalue weighted by Gasteiger charge is 2.45. The van der Waals surface area contributed by atoms with Gasteiger partial charge < -0.3 is 72.2 Å². The van der Waals surface area contributed by atoms with Crippen LogP contribution in [0.15, 0.2) is 77.4 Å². The van der Waals surface area contributed by atoms with Gasteiger partial charge in [0.25, 0.3) is 10.1 Å². The molecule has 2 aliphatic heterocycles. The third-order valence-electron chi connectivity index (χ3n) is 14.2. The summed E-state index contributed by atoms with van der Waals surface area (Å²) in [7, 11) is -2.77. The van der Waals surface area contributed by atoms with Crippen LogP contribution in [0.3, 0.4) is 0 Å². The number of carboxylic acids is 1. The number of hydrogen-bond donors (Lipinski definition) is 3. The van der Waals surface area contributed by atoms with Crippen LogP contribution in [0.5, 0.6) is 0 Å². The maximum Gasteiger partial charge on any atom is 0.303 e. The van der Waals surface area contributed by atoms with Gasteiger partial charge >= 0.3 is 5.97 Å². The van der Waals surface area contributed by atoms with Gasteiger partial charge in [0.15, 0.2) is 5.71 Å². The van der Waals surface area contributed by atoms with E-state index in [1.165, 1.54) is 28.6 Å². The maximum absolute atomic E-state index is 12.7. The van der Waals surface area contributed by atoms with E-state index in [9.17, 15) is 22.6 Å². The molecule has 2 heterocycles. The van der Waals surface area contributed by atoms with Crippen molar-refractivity contribution < 1.29 is 89.1 Å². The molecule has 0 fully saturated rings. The number of amides is 1. The first-order valence-electron chi connectivity index (χ1n) is 30.1. The number of unbranched alkanes of at least 4 members (excludes halogenated alkanes) is 4. The van der Waals surface area contributed by atoms with Gasteiger partial charge in [-0.25, -0.2) is 0 Å². The lowest BCUT2D eigenvalue weighted by Crippen LogP contribution is -2.28. The van der Waals surface area contributed by atoms with Gasteiger partial charge in [-0.2, -0.15) is 13.0 Å². The largest absolute Gasteiger partial charge is 0.481 e. The Balaban J connectivity index is 1.01. The van der Waals surface area contributed by atoms with E-state index in [4.69, 9.17) is 61.9 Å². The molecule has 480 valence electrons. The molecular weight excluding hydrogens is 1120 g/mol. The van der Waals surface area contributed by atoms with Crippen molar-refractivity contribution in [3.05, 3.63) is 89.2 Å². The smallest absolute Gasteiger partial charge is 0.303 e. The summed E-state index contributed by atoms with van der Waals surface area (Å²) in [5, 5.41) is 12.1. The topological polar surface area (TPSA) is 238 Å². The standard InChI is InChI=1S/C63H99N3O18S/c1-52-20-22-56-54(50-52)62(2,3)58(65(56)26-15-9-13-19-61(68)69)16-10-7-11-17-59-63(4,5)55-51-53(85(70,71)72)21-23-57(55)66(59)25-14-8-12-18-60(67)64-24-27-74-30-31-76-34-35-78-38-39-80-42-43-82-46-47-84-49-48-83-45-44-81-41-40-79-37-36-77-33-32-75-29-28-73-6/h7,10-11,16-17,20-23,50-51H,8-9,12-15,18-19,24-49H2,1-6H3,(H2-,64,67,68,69,70,71,72)/p+1. The molecule has 0 bridgehead atoms. The van der Waals surface area contributed by atoms with E-state index in [0.717, 1.165) is 49.2 Å². The summed E-state index contributed by atoms with van der Waals surface area (Å²) >= 11 is 0. The first-order valence-corrected chi connectivity index (χ1v) is 31.6. The predicted molar refractivity (Wildman–Crippen MR) is 325 cm³/mol. The van der Waals surface area contributed by atoms with E-state index < -0.39 is 21.5 Å². The number of benzene rings is 2. The highest BCUT2D eigenvalue weighted by Crippen LogP contribution is 2.48. The van der Waals surface area contributed by atoms with Crippen LogP contribution in [0.2, 0.25) is 0 Å². The Bertz CT molecular complexity index is 2460. The molecule has 0 unspecified atom stereocenters. The summed E-state index contributed by atoms with van der Waals surface area (Å²) in [5.74, 6) is -0.805. The highest BCUT2D eigenvalue weighted by molar-refractivity contribution is 7.85. The number of allylic oxidation sites excluding steroid dienone is 6.